The van der Waals surface area contributed by atoms with Crippen LogP contribution in [0.5, 0.6) is 0 Å². The highest BCUT2D eigenvalue weighted by molar-refractivity contribution is 5.82. The Labute approximate surface area is 165 Å². The highest BCUT2D eigenvalue weighted by Crippen LogP contribution is 2.22. The molecule has 1 heterocycles. The molecule has 1 aromatic carbocycles. The van der Waals surface area contributed by atoms with Gasteiger partial charge in [-0.05, 0) is 59.2 Å². The summed E-state index contributed by atoms with van der Waals surface area (Å²) in [5.41, 5.74) is 0.831. The van der Waals surface area contributed by atoms with E-state index >= 15 is 0 Å². The lowest BCUT2D eigenvalue weighted by Gasteiger charge is -2.22. The highest BCUT2D eigenvalue weighted by Gasteiger charge is 2.23. The van der Waals surface area contributed by atoms with Crippen molar-refractivity contribution in [3.05, 3.63) is 47.7 Å². The van der Waals surface area contributed by atoms with Crippen LogP contribution in [0.1, 0.15) is 58.8 Å². The molecule has 2 N–H and O–H groups in total. The lowest BCUT2D eigenvalue weighted by atomic mass is 9.92. The maximum absolute atomic E-state index is 12.0. The zero-order chi connectivity index (χ0) is 21.1. The molecule has 0 aliphatic carbocycles. The number of hydrogen-bond acceptors (Lipinski definition) is 4. The van der Waals surface area contributed by atoms with Gasteiger partial charge >= 0.3 is 12.1 Å². The minimum atomic E-state index is -0.948. The molecule has 6 nitrogen and oxygen atoms in total. The Morgan fingerprint density at radius 1 is 1.14 bits per heavy atom. The van der Waals surface area contributed by atoms with E-state index in [1.54, 1.807) is 26.0 Å². The van der Waals surface area contributed by atoms with Gasteiger partial charge in [-0.25, -0.2) is 4.79 Å². The molecular weight excluding hydrogens is 356 g/mol. The monoisotopic (exact) mass is 384 g/mol. The van der Waals surface area contributed by atoms with Gasteiger partial charge < -0.3 is 15.2 Å². The van der Waals surface area contributed by atoms with Crippen LogP contribution in [0.25, 0.3) is 17.0 Å². The molecule has 0 radical (unpaired) electrons. The summed E-state index contributed by atoms with van der Waals surface area (Å²) in [6, 6.07) is 9.25. The molecular formula is C22H28N2O4. The number of rotatable bonds is 5. The number of amides is 1. The van der Waals surface area contributed by atoms with Crippen LogP contribution in [0, 0.1) is 5.41 Å². The number of carbonyl (C=O) groups is 2. The van der Waals surface area contributed by atoms with Crippen LogP contribution in [-0.2, 0) is 9.53 Å². The van der Waals surface area contributed by atoms with Gasteiger partial charge in [0.2, 0.25) is 0 Å². The number of alkyl carbamates (subject to hydrolysis) is 1. The van der Waals surface area contributed by atoms with E-state index < -0.39 is 23.1 Å². The number of nitrogens with zero attached hydrogens (tertiary/aromatic N) is 1. The number of carboxylic acids is 1. The van der Waals surface area contributed by atoms with Gasteiger partial charge in [-0.15, -0.1) is 0 Å². The number of hydrogen-bond donors (Lipinski definition) is 2. The van der Waals surface area contributed by atoms with Gasteiger partial charge in [0.1, 0.15) is 5.60 Å². The summed E-state index contributed by atoms with van der Waals surface area (Å²) < 4.78 is 5.28. The summed E-state index contributed by atoms with van der Waals surface area (Å²) in [6.07, 6.45) is 2.95. The van der Waals surface area contributed by atoms with Gasteiger partial charge in [0.05, 0.1) is 22.7 Å². The molecule has 0 fully saturated rings. The number of carbonyl (C=O) groups excluding carboxylic acids is 1. The van der Waals surface area contributed by atoms with Crippen molar-refractivity contribution in [3.8, 4) is 0 Å². The summed E-state index contributed by atoms with van der Waals surface area (Å²) in [4.78, 5) is 27.9. The number of ether oxygens (including phenoxy) is 1. The first-order valence-electron chi connectivity index (χ1n) is 9.20. The average Bonchev–Trinajstić information content (AvgIpc) is 2.57. The van der Waals surface area contributed by atoms with Crippen molar-refractivity contribution in [2.75, 3.05) is 0 Å². The van der Waals surface area contributed by atoms with Gasteiger partial charge in [0.15, 0.2) is 0 Å². The molecule has 0 aliphatic rings. The number of pyridine rings is 1. The molecule has 2 aromatic rings. The second kappa shape index (κ2) is 8.00. The standard InChI is InChI=1S/C22H28N2O4/c1-14(23-20(27)28-21(2,3)4)17-10-9-16-8-7-15(13-18(16)24-17)11-12-22(5,6)19(25)26/h7-14H,1-6H3,(H,23,27)(H,25,26)/b12-11+/t14-/m1/s1. The number of fused-ring (bicyclic) bond motifs is 1. The van der Waals surface area contributed by atoms with E-state index in [1.807, 2.05) is 58.0 Å². The van der Waals surface area contributed by atoms with Crippen molar-refractivity contribution >= 4 is 29.0 Å². The van der Waals surface area contributed by atoms with E-state index in [0.29, 0.717) is 5.69 Å². The lowest BCUT2D eigenvalue weighted by molar-refractivity contribution is -0.144. The number of carboxylic acid groups (broad SMARTS) is 1. The predicted octanol–water partition coefficient (Wildman–Crippen LogP) is 4.94. The Morgan fingerprint density at radius 3 is 2.39 bits per heavy atom. The first-order chi connectivity index (χ1) is 12.9. The fourth-order valence-electron chi connectivity index (χ4n) is 2.43. The van der Waals surface area contributed by atoms with Crippen LogP contribution < -0.4 is 5.32 Å². The maximum atomic E-state index is 12.0. The van der Waals surface area contributed by atoms with Crippen molar-refractivity contribution in [2.24, 2.45) is 5.41 Å². The van der Waals surface area contributed by atoms with Crippen molar-refractivity contribution < 1.29 is 19.4 Å². The summed E-state index contributed by atoms with van der Waals surface area (Å²) >= 11 is 0. The predicted molar refractivity (Wildman–Crippen MR) is 110 cm³/mol. The largest absolute Gasteiger partial charge is 0.481 e. The zero-order valence-corrected chi connectivity index (χ0v) is 17.2. The Bertz CT molecular complexity index is 910. The topological polar surface area (TPSA) is 88.5 Å². The summed E-state index contributed by atoms with van der Waals surface area (Å²) in [7, 11) is 0. The van der Waals surface area contributed by atoms with Crippen LogP contribution in [0.4, 0.5) is 4.79 Å². The van der Waals surface area contributed by atoms with Crippen LogP contribution in [0.15, 0.2) is 36.4 Å². The van der Waals surface area contributed by atoms with Crippen LogP contribution in [-0.4, -0.2) is 27.8 Å². The van der Waals surface area contributed by atoms with E-state index in [0.717, 1.165) is 16.5 Å². The number of benzene rings is 1. The molecule has 0 aliphatic heterocycles. The molecule has 0 bridgehead atoms. The third-order valence-electron chi connectivity index (χ3n) is 4.16. The van der Waals surface area contributed by atoms with Crippen LogP contribution >= 0.6 is 0 Å². The second-order valence-corrected chi connectivity index (χ2v) is 8.42. The molecule has 1 amide bonds. The molecule has 0 saturated heterocycles. The van der Waals surface area contributed by atoms with E-state index in [9.17, 15) is 14.7 Å². The van der Waals surface area contributed by atoms with Crippen molar-refractivity contribution in [1.82, 2.24) is 10.3 Å². The smallest absolute Gasteiger partial charge is 0.408 e. The van der Waals surface area contributed by atoms with Gasteiger partial charge in [-0.2, -0.15) is 0 Å². The summed E-state index contributed by atoms with van der Waals surface area (Å²) in [6.45, 7) is 10.6. The first kappa shape index (κ1) is 21.4. The van der Waals surface area contributed by atoms with Gasteiger partial charge in [0, 0.05) is 5.39 Å². The summed E-state index contributed by atoms with van der Waals surface area (Å²) in [5.74, 6) is -0.882. The fourth-order valence-corrected chi connectivity index (χ4v) is 2.43. The molecule has 0 saturated carbocycles. The van der Waals surface area contributed by atoms with Gasteiger partial charge in [-0.3, -0.25) is 9.78 Å². The Balaban J connectivity index is 2.23. The highest BCUT2D eigenvalue weighted by atomic mass is 16.6. The van der Waals surface area contributed by atoms with E-state index in [-0.39, 0.29) is 6.04 Å². The Morgan fingerprint density at radius 2 is 1.79 bits per heavy atom. The quantitative estimate of drug-likeness (QED) is 0.762. The molecule has 150 valence electrons. The zero-order valence-electron chi connectivity index (χ0n) is 17.2. The third-order valence-corrected chi connectivity index (χ3v) is 4.16. The normalized spacial score (nSPS) is 13.5. The molecule has 6 heteroatoms. The summed E-state index contributed by atoms with van der Waals surface area (Å²) in [5, 5.41) is 13.0. The minimum absolute atomic E-state index is 0.315. The van der Waals surface area contributed by atoms with Gasteiger partial charge in [-0.1, -0.05) is 30.4 Å². The maximum Gasteiger partial charge on any atom is 0.408 e. The first-order valence-corrected chi connectivity index (χ1v) is 9.20. The molecule has 1 aromatic heterocycles. The Hall–Kier alpha value is -2.89. The molecule has 0 spiro atoms. The van der Waals surface area contributed by atoms with Gasteiger partial charge in [0.25, 0.3) is 0 Å². The van der Waals surface area contributed by atoms with Crippen molar-refractivity contribution in [1.29, 1.82) is 0 Å². The van der Waals surface area contributed by atoms with E-state index in [1.165, 1.54) is 0 Å². The van der Waals surface area contributed by atoms with Crippen molar-refractivity contribution in [3.63, 3.8) is 0 Å². The molecule has 0 unspecified atom stereocenters. The number of aromatic nitrogens is 1. The van der Waals surface area contributed by atoms with Crippen molar-refractivity contribution in [2.45, 2.75) is 53.2 Å². The number of nitrogens with one attached hydrogen (secondary N) is 1. The Kier molecular flexibility index (Phi) is 6.12. The molecule has 28 heavy (non-hydrogen) atoms. The second-order valence-electron chi connectivity index (χ2n) is 8.42. The molecule has 1 atom stereocenters. The third kappa shape index (κ3) is 5.81. The average molecular weight is 384 g/mol. The van der Waals surface area contributed by atoms with Crippen LogP contribution in [0.2, 0.25) is 0 Å². The fraction of sp³-hybridized carbons (Fsp3) is 0.409. The van der Waals surface area contributed by atoms with Crippen LogP contribution in [0.3, 0.4) is 0 Å². The number of aliphatic carboxylic acids is 1. The van der Waals surface area contributed by atoms with E-state index in [4.69, 9.17) is 4.74 Å². The minimum Gasteiger partial charge on any atom is -0.481 e. The lowest BCUT2D eigenvalue weighted by Crippen LogP contribution is -2.34. The van der Waals surface area contributed by atoms with E-state index in [2.05, 4.69) is 10.3 Å². The molecule has 2 rings (SSSR count). The SMILES string of the molecule is C[C@@H](NC(=O)OC(C)(C)C)c1ccc2ccc(/C=C/C(C)(C)C(=O)O)cc2n1.